The molecule has 2 bridgehead atoms. The lowest BCUT2D eigenvalue weighted by molar-refractivity contribution is -0.129. The van der Waals surface area contributed by atoms with Crippen molar-refractivity contribution in [1.29, 1.82) is 0 Å². The van der Waals surface area contributed by atoms with Crippen LogP contribution in [0, 0.1) is 34.4 Å². The highest BCUT2D eigenvalue weighted by molar-refractivity contribution is 5.98. The number of carbonyl (C=O) groups is 3. The van der Waals surface area contributed by atoms with Crippen molar-refractivity contribution < 1.29 is 28.2 Å². The summed E-state index contributed by atoms with van der Waals surface area (Å²) in [5.74, 6) is -1.13. The molecule has 8 nitrogen and oxygen atoms in total. The van der Waals surface area contributed by atoms with Crippen molar-refractivity contribution in [2.24, 2.45) is 34.3 Å². The number of nitrogens with two attached hydrogens (primary N) is 1. The molecule has 4 N–H and O–H groups in total. The van der Waals surface area contributed by atoms with Crippen LogP contribution in [0.2, 0.25) is 0 Å². The molecular formula is C29H42FN3O5. The fourth-order valence-corrected chi connectivity index (χ4v) is 6.32. The summed E-state index contributed by atoms with van der Waals surface area (Å²) in [6.07, 6.45) is 4.81. The number of nitrogens with one attached hydrogen (secondary N) is 2. The number of primary amides is 1. The second-order valence-corrected chi connectivity index (χ2v) is 12.9. The van der Waals surface area contributed by atoms with Crippen LogP contribution in [-0.4, -0.2) is 43.5 Å². The van der Waals surface area contributed by atoms with Crippen molar-refractivity contribution in [2.45, 2.75) is 84.8 Å². The van der Waals surface area contributed by atoms with Crippen molar-refractivity contribution in [3.8, 4) is 11.5 Å². The van der Waals surface area contributed by atoms with Gasteiger partial charge in [0.1, 0.15) is 5.75 Å². The lowest BCUT2D eigenvalue weighted by atomic mass is 9.74. The zero-order valence-corrected chi connectivity index (χ0v) is 23.2. The Morgan fingerprint density at radius 3 is 2.34 bits per heavy atom. The topological polar surface area (TPSA) is 120 Å². The minimum atomic E-state index is -0.624. The Morgan fingerprint density at radius 2 is 1.74 bits per heavy atom. The van der Waals surface area contributed by atoms with Crippen LogP contribution in [-0.2, 0) is 9.59 Å². The normalized spacial score (nSPS) is 30.5. The number of methoxy groups -OCH3 is 1. The van der Waals surface area contributed by atoms with Gasteiger partial charge in [-0.1, -0.05) is 27.7 Å². The van der Waals surface area contributed by atoms with E-state index in [-0.39, 0.29) is 64.2 Å². The predicted octanol–water partition coefficient (Wildman–Crippen LogP) is 3.95. The summed E-state index contributed by atoms with van der Waals surface area (Å²) in [6.45, 7) is 8.60. The van der Waals surface area contributed by atoms with Crippen molar-refractivity contribution in [1.82, 2.24) is 10.6 Å². The Bertz CT molecular complexity index is 1080. The van der Waals surface area contributed by atoms with E-state index in [2.05, 4.69) is 31.4 Å². The van der Waals surface area contributed by atoms with Gasteiger partial charge >= 0.3 is 0 Å². The number of hydrogen-bond acceptors (Lipinski definition) is 5. The molecule has 4 rings (SSSR count). The van der Waals surface area contributed by atoms with Crippen LogP contribution in [0.3, 0.4) is 0 Å². The van der Waals surface area contributed by atoms with E-state index < -0.39 is 17.1 Å². The third-order valence-corrected chi connectivity index (χ3v) is 8.73. The van der Waals surface area contributed by atoms with Crippen LogP contribution in [0.5, 0.6) is 11.5 Å². The molecule has 3 aliphatic rings. The standard InChI is InChI=1S/C29H42FN3O5/c1-28(2,3)15-32-26(35)23-16-6-7-17(12-16)24(23)33-25(34)19-13-22(20(30)14-21(19)37-5)38-18-8-10-29(4,11-9-18)27(31)36/h13-14,16-18,23-24H,6-12,15H2,1-5H3,(H2,31,36)(H,32,35)(H,33,34)/t16-,17+,18-,23+,24-,29+/m1/s1. The third kappa shape index (κ3) is 5.91. The lowest BCUT2D eigenvalue weighted by Crippen LogP contribution is -2.50. The first kappa shape index (κ1) is 28.2. The third-order valence-electron chi connectivity index (χ3n) is 8.73. The fourth-order valence-electron chi connectivity index (χ4n) is 6.32. The maximum Gasteiger partial charge on any atom is 0.255 e. The molecule has 1 aromatic carbocycles. The van der Waals surface area contributed by atoms with Gasteiger partial charge in [-0.05, 0) is 68.3 Å². The first-order chi connectivity index (χ1) is 17.8. The predicted molar refractivity (Wildman–Crippen MR) is 141 cm³/mol. The SMILES string of the molecule is COc1cc(F)c(O[C@H]2CC[C@@](C)(C(N)=O)CC2)cc1C(=O)N[C@@H]1[C@H]2CC[C@H](C2)[C@@H]1C(=O)NCC(C)(C)C. The van der Waals surface area contributed by atoms with Gasteiger partial charge in [-0.3, -0.25) is 14.4 Å². The van der Waals surface area contributed by atoms with E-state index in [0.717, 1.165) is 25.3 Å². The summed E-state index contributed by atoms with van der Waals surface area (Å²) in [5.41, 5.74) is 5.08. The molecule has 210 valence electrons. The maximum absolute atomic E-state index is 14.9. The van der Waals surface area contributed by atoms with Crippen molar-refractivity contribution in [3.05, 3.63) is 23.5 Å². The second kappa shape index (κ2) is 10.7. The molecule has 3 aliphatic carbocycles. The van der Waals surface area contributed by atoms with Gasteiger partial charge < -0.3 is 25.8 Å². The first-order valence-electron chi connectivity index (χ1n) is 13.7. The van der Waals surface area contributed by atoms with Crippen LogP contribution >= 0.6 is 0 Å². The summed E-state index contributed by atoms with van der Waals surface area (Å²) in [5, 5.41) is 6.17. The van der Waals surface area contributed by atoms with Gasteiger partial charge in [0.15, 0.2) is 11.6 Å². The number of hydrogen-bond donors (Lipinski definition) is 3. The van der Waals surface area contributed by atoms with Gasteiger partial charge in [0.25, 0.3) is 5.91 Å². The van der Waals surface area contributed by atoms with E-state index in [4.69, 9.17) is 15.2 Å². The Labute approximate surface area is 224 Å². The fraction of sp³-hybridized carbons (Fsp3) is 0.690. The molecule has 0 unspecified atom stereocenters. The Kier molecular flexibility index (Phi) is 7.96. The van der Waals surface area contributed by atoms with Gasteiger partial charge in [-0.2, -0.15) is 0 Å². The average molecular weight is 532 g/mol. The minimum absolute atomic E-state index is 0.0206. The van der Waals surface area contributed by atoms with Crippen LogP contribution in [0.4, 0.5) is 4.39 Å². The number of benzene rings is 1. The summed E-state index contributed by atoms with van der Waals surface area (Å²) in [4.78, 5) is 38.4. The van der Waals surface area contributed by atoms with E-state index >= 15 is 0 Å². The number of fused-ring (bicyclic) bond motifs is 2. The Hall–Kier alpha value is -2.84. The second-order valence-electron chi connectivity index (χ2n) is 12.9. The molecule has 4 atom stereocenters. The number of ether oxygens (including phenoxy) is 2. The largest absolute Gasteiger partial charge is 0.496 e. The van der Waals surface area contributed by atoms with E-state index in [1.165, 1.54) is 13.2 Å². The molecule has 0 saturated heterocycles. The van der Waals surface area contributed by atoms with Gasteiger partial charge in [0.05, 0.1) is 24.7 Å². The van der Waals surface area contributed by atoms with E-state index in [9.17, 15) is 18.8 Å². The van der Waals surface area contributed by atoms with E-state index in [0.29, 0.717) is 32.2 Å². The molecule has 3 amide bonds. The van der Waals surface area contributed by atoms with Crippen molar-refractivity contribution in [2.75, 3.05) is 13.7 Å². The number of halogens is 1. The summed E-state index contributed by atoms with van der Waals surface area (Å²) in [7, 11) is 1.39. The van der Waals surface area contributed by atoms with Gasteiger partial charge in [-0.15, -0.1) is 0 Å². The molecule has 1 aromatic rings. The lowest BCUT2D eigenvalue weighted by Gasteiger charge is -2.35. The highest BCUT2D eigenvalue weighted by Gasteiger charge is 2.51. The van der Waals surface area contributed by atoms with E-state index in [1.54, 1.807) is 0 Å². The maximum atomic E-state index is 14.9. The van der Waals surface area contributed by atoms with Crippen molar-refractivity contribution in [3.63, 3.8) is 0 Å². The minimum Gasteiger partial charge on any atom is -0.496 e. The number of rotatable bonds is 8. The molecule has 9 heteroatoms. The Balaban J connectivity index is 1.48. The molecular weight excluding hydrogens is 489 g/mol. The highest BCUT2D eigenvalue weighted by Crippen LogP contribution is 2.49. The van der Waals surface area contributed by atoms with E-state index in [1.807, 2.05) is 6.92 Å². The summed E-state index contributed by atoms with van der Waals surface area (Å²) >= 11 is 0. The molecule has 0 radical (unpaired) electrons. The molecule has 3 saturated carbocycles. The van der Waals surface area contributed by atoms with Crippen LogP contribution in [0.1, 0.15) is 83.0 Å². The summed E-state index contributed by atoms with van der Waals surface area (Å²) in [6, 6.07) is 2.26. The average Bonchev–Trinajstić information content (AvgIpc) is 3.46. The monoisotopic (exact) mass is 531 g/mol. The molecule has 38 heavy (non-hydrogen) atoms. The summed E-state index contributed by atoms with van der Waals surface area (Å²) < 4.78 is 26.2. The van der Waals surface area contributed by atoms with Crippen LogP contribution in [0.15, 0.2) is 12.1 Å². The van der Waals surface area contributed by atoms with Gasteiger partial charge in [-0.25, -0.2) is 4.39 Å². The number of amides is 3. The highest BCUT2D eigenvalue weighted by atomic mass is 19.1. The first-order valence-corrected chi connectivity index (χ1v) is 13.7. The molecule has 0 aromatic heterocycles. The van der Waals surface area contributed by atoms with Crippen LogP contribution in [0.25, 0.3) is 0 Å². The molecule has 0 aliphatic heterocycles. The smallest absolute Gasteiger partial charge is 0.255 e. The number of carbonyl (C=O) groups excluding carboxylic acids is 3. The Morgan fingerprint density at radius 1 is 1.08 bits per heavy atom. The van der Waals surface area contributed by atoms with Crippen molar-refractivity contribution >= 4 is 17.7 Å². The molecule has 0 spiro atoms. The quantitative estimate of drug-likeness (QED) is 0.469. The zero-order valence-electron chi connectivity index (χ0n) is 23.2. The van der Waals surface area contributed by atoms with Gasteiger partial charge in [0.2, 0.25) is 11.8 Å². The van der Waals surface area contributed by atoms with Crippen LogP contribution < -0.4 is 25.8 Å². The van der Waals surface area contributed by atoms with Gasteiger partial charge in [0, 0.05) is 24.1 Å². The molecule has 3 fully saturated rings. The molecule has 0 heterocycles. The zero-order chi connectivity index (χ0) is 27.8.